The highest BCUT2D eigenvalue weighted by Gasteiger charge is 2.64. The monoisotopic (exact) mass is 398 g/mol. The van der Waals surface area contributed by atoms with Gasteiger partial charge in [-0.1, -0.05) is 82.6 Å². The average molecular weight is 399 g/mol. The first-order chi connectivity index (χ1) is 12.2. The van der Waals surface area contributed by atoms with Gasteiger partial charge in [0.2, 0.25) is 0 Å². The molecule has 0 saturated heterocycles. The van der Waals surface area contributed by atoms with E-state index >= 15 is 0 Å². The highest BCUT2D eigenvalue weighted by molar-refractivity contribution is 8.34. The quantitative estimate of drug-likeness (QED) is 0.326. The van der Waals surface area contributed by atoms with Gasteiger partial charge in [-0.05, 0) is 82.7 Å². The number of rotatable bonds is 11. The van der Waals surface area contributed by atoms with Gasteiger partial charge in [0, 0.05) is 0 Å². The van der Waals surface area contributed by atoms with Gasteiger partial charge in [-0.25, -0.2) is 10.0 Å². The fraction of sp³-hybridized carbons (Fsp3) is 1.00. The molecule has 1 aliphatic rings. The van der Waals surface area contributed by atoms with Crippen LogP contribution in [0.5, 0.6) is 0 Å². The molecule has 0 aromatic rings. The van der Waals surface area contributed by atoms with Crippen molar-refractivity contribution in [3.63, 3.8) is 0 Å². The molecule has 1 heteroatoms. The van der Waals surface area contributed by atoms with E-state index in [9.17, 15) is 0 Å². The van der Waals surface area contributed by atoms with Crippen LogP contribution >= 0.6 is 10.0 Å². The van der Waals surface area contributed by atoms with Crippen molar-refractivity contribution in [2.45, 2.75) is 118 Å². The van der Waals surface area contributed by atoms with Crippen molar-refractivity contribution >= 4 is 10.0 Å². The molecule has 164 valence electrons. The van der Waals surface area contributed by atoms with Crippen LogP contribution in [0.3, 0.4) is 0 Å². The summed E-state index contributed by atoms with van der Waals surface area (Å²) in [5.74, 6) is 5.85. The molecule has 6 atom stereocenters. The molecule has 1 aliphatic carbocycles. The Bertz CT molecular complexity index is 446. The predicted molar refractivity (Wildman–Crippen MR) is 130 cm³/mol. The lowest BCUT2D eigenvalue weighted by Crippen LogP contribution is -2.33. The lowest BCUT2D eigenvalue weighted by molar-refractivity contribution is 0.326. The molecule has 0 bridgehead atoms. The van der Waals surface area contributed by atoms with Crippen molar-refractivity contribution < 1.29 is 0 Å². The molecule has 0 spiro atoms. The van der Waals surface area contributed by atoms with E-state index in [1.54, 1.807) is 0 Å². The molecule has 0 radical (unpaired) electrons. The van der Waals surface area contributed by atoms with Crippen molar-refractivity contribution in [2.75, 3.05) is 12.0 Å². The maximum atomic E-state index is 2.72. The average Bonchev–Trinajstić information content (AvgIpc) is 3.09. The van der Waals surface area contributed by atoms with Gasteiger partial charge < -0.3 is 0 Å². The third-order valence-corrected chi connectivity index (χ3v) is 14.6. The van der Waals surface area contributed by atoms with E-state index in [-0.39, 0.29) is 0 Å². The Kier molecular flexibility index (Phi) is 8.88. The zero-order valence-corrected chi connectivity index (χ0v) is 21.9. The minimum absolute atomic E-state index is 0.461. The summed E-state index contributed by atoms with van der Waals surface area (Å²) in [6, 6.07) is 0. The third kappa shape index (κ3) is 5.93. The molecule has 1 saturated carbocycles. The van der Waals surface area contributed by atoms with Crippen LogP contribution in [-0.2, 0) is 0 Å². The molecule has 1 rings (SSSR count). The van der Waals surface area contributed by atoms with Crippen LogP contribution in [0.4, 0.5) is 0 Å². The fourth-order valence-corrected chi connectivity index (χ4v) is 10.6. The third-order valence-electron chi connectivity index (χ3n) is 8.60. The number of hydrogen-bond acceptors (Lipinski definition) is 0. The standard InChI is InChI=1S/C26H54S/c1-13-23(18-19(2)3)14-16-26(11)22(7)24(26)27(12,25(8,9)10)17-15-21(6)20(4)5/h19-24H,13-18H2,1-12H3. The van der Waals surface area contributed by atoms with Crippen LogP contribution < -0.4 is 0 Å². The van der Waals surface area contributed by atoms with E-state index in [1.807, 2.05) is 0 Å². The highest BCUT2D eigenvalue weighted by Crippen LogP contribution is 2.77. The summed E-state index contributed by atoms with van der Waals surface area (Å²) < 4.78 is 0.461. The number of hydrogen-bond donors (Lipinski definition) is 0. The summed E-state index contributed by atoms with van der Waals surface area (Å²) in [6.07, 6.45) is 9.84. The minimum Gasteiger partial charge on any atom is -0.235 e. The van der Waals surface area contributed by atoms with Crippen molar-refractivity contribution in [3.8, 4) is 0 Å². The van der Waals surface area contributed by atoms with Gasteiger partial charge in [0.1, 0.15) is 0 Å². The van der Waals surface area contributed by atoms with E-state index in [0.717, 1.165) is 34.8 Å². The van der Waals surface area contributed by atoms with Crippen LogP contribution in [0.2, 0.25) is 0 Å². The Labute approximate surface area is 175 Å². The molecule has 0 nitrogen and oxygen atoms in total. The summed E-state index contributed by atoms with van der Waals surface area (Å²) in [5.41, 5.74) is 0.600. The van der Waals surface area contributed by atoms with E-state index in [4.69, 9.17) is 0 Å². The summed E-state index contributed by atoms with van der Waals surface area (Å²) in [7, 11) is -0.624. The molecule has 0 aromatic carbocycles. The zero-order chi connectivity index (χ0) is 21.2. The maximum Gasteiger partial charge on any atom is -0.00215 e. The van der Waals surface area contributed by atoms with Gasteiger partial charge >= 0.3 is 0 Å². The van der Waals surface area contributed by atoms with Crippen LogP contribution in [-0.4, -0.2) is 22.0 Å². The molecule has 1 fully saturated rings. The van der Waals surface area contributed by atoms with Gasteiger partial charge in [0.15, 0.2) is 0 Å². The normalized spacial score (nSPS) is 31.6. The first-order valence-electron chi connectivity index (χ1n) is 11.9. The molecular weight excluding hydrogens is 344 g/mol. The Morgan fingerprint density at radius 1 is 1.00 bits per heavy atom. The summed E-state index contributed by atoms with van der Waals surface area (Å²) in [5, 5.41) is 0.973. The predicted octanol–water partition coefficient (Wildman–Crippen LogP) is 8.78. The lowest BCUT2D eigenvalue weighted by Gasteiger charge is -2.51. The van der Waals surface area contributed by atoms with Crippen molar-refractivity contribution in [2.24, 2.45) is 35.0 Å². The molecule has 0 aliphatic heterocycles. The van der Waals surface area contributed by atoms with Gasteiger partial charge in [-0.3, -0.25) is 0 Å². The first-order valence-corrected chi connectivity index (χ1v) is 14.2. The second-order valence-corrected chi connectivity index (χ2v) is 16.6. The molecule has 27 heavy (non-hydrogen) atoms. The maximum absolute atomic E-state index is 2.72. The molecule has 0 amide bonds. The molecule has 0 N–H and O–H groups in total. The van der Waals surface area contributed by atoms with Gasteiger partial charge in [-0.15, -0.1) is 0 Å². The second kappa shape index (κ2) is 9.44. The van der Waals surface area contributed by atoms with E-state index in [0.29, 0.717) is 10.2 Å². The smallest absolute Gasteiger partial charge is 0.00215 e. The largest absolute Gasteiger partial charge is 0.235 e. The van der Waals surface area contributed by atoms with Gasteiger partial charge in [0.05, 0.1) is 0 Å². The first kappa shape index (κ1) is 25.4. The fourth-order valence-electron chi connectivity index (χ4n) is 5.41. The summed E-state index contributed by atoms with van der Waals surface area (Å²) in [4.78, 5) is 0. The van der Waals surface area contributed by atoms with Crippen LogP contribution in [0, 0.1) is 35.0 Å². The van der Waals surface area contributed by atoms with Gasteiger partial charge in [0.25, 0.3) is 0 Å². The van der Waals surface area contributed by atoms with Crippen molar-refractivity contribution in [1.82, 2.24) is 0 Å². The zero-order valence-electron chi connectivity index (χ0n) is 21.1. The molecule has 0 aromatic heterocycles. The Balaban J connectivity index is 2.88. The van der Waals surface area contributed by atoms with Gasteiger partial charge in [-0.2, -0.15) is 0 Å². The van der Waals surface area contributed by atoms with E-state index < -0.39 is 10.0 Å². The van der Waals surface area contributed by atoms with Crippen molar-refractivity contribution in [3.05, 3.63) is 0 Å². The molecular formula is C26H54S. The Morgan fingerprint density at radius 2 is 1.56 bits per heavy atom. The van der Waals surface area contributed by atoms with Crippen LogP contribution in [0.15, 0.2) is 0 Å². The summed E-state index contributed by atoms with van der Waals surface area (Å²) in [6.45, 7) is 27.3. The minimum atomic E-state index is -0.624. The highest BCUT2D eigenvalue weighted by atomic mass is 32.3. The topological polar surface area (TPSA) is 0 Å². The van der Waals surface area contributed by atoms with E-state index in [2.05, 4.69) is 82.4 Å². The Morgan fingerprint density at radius 3 is 1.96 bits per heavy atom. The SMILES string of the molecule is CCC(CCC1(C)C(C)C1S(C)(CCC(C)C(C)C)C(C)(C)C)CC(C)C. The van der Waals surface area contributed by atoms with Crippen LogP contribution in [0.25, 0.3) is 0 Å². The Hall–Kier alpha value is 0.350. The summed E-state index contributed by atoms with van der Waals surface area (Å²) >= 11 is 0. The lowest BCUT2D eigenvalue weighted by atomic mass is 9.87. The van der Waals surface area contributed by atoms with Crippen molar-refractivity contribution in [1.29, 1.82) is 0 Å². The molecule has 6 unspecified atom stereocenters. The van der Waals surface area contributed by atoms with Crippen LogP contribution in [0.1, 0.15) is 108 Å². The second-order valence-electron chi connectivity index (χ2n) is 12.1. The molecule has 0 heterocycles. The van der Waals surface area contributed by atoms with E-state index in [1.165, 1.54) is 37.9 Å².